The van der Waals surface area contributed by atoms with Gasteiger partial charge in [-0.1, -0.05) is 0 Å². The molecule has 7 heteroatoms. The van der Waals surface area contributed by atoms with Gasteiger partial charge >= 0.3 is 5.69 Å². The van der Waals surface area contributed by atoms with Crippen molar-refractivity contribution in [3.8, 4) is 0 Å². The second-order valence-electron chi connectivity index (χ2n) is 3.50. The Labute approximate surface area is 95.7 Å². The summed E-state index contributed by atoms with van der Waals surface area (Å²) in [7, 11) is 3.00. The Bertz CT molecular complexity index is 679. The van der Waals surface area contributed by atoms with Crippen LogP contribution >= 0.6 is 11.6 Å². The third-order valence-electron chi connectivity index (χ3n) is 2.62. The van der Waals surface area contributed by atoms with E-state index in [-0.39, 0.29) is 10.8 Å². The first-order valence-corrected chi connectivity index (χ1v) is 5.18. The van der Waals surface area contributed by atoms with Crippen molar-refractivity contribution in [3.63, 3.8) is 0 Å². The lowest BCUT2D eigenvalue weighted by Crippen LogP contribution is -2.37. The molecule has 2 rings (SSSR count). The van der Waals surface area contributed by atoms with Crippen molar-refractivity contribution >= 4 is 22.8 Å². The summed E-state index contributed by atoms with van der Waals surface area (Å²) in [6.45, 7) is 2.39. The Morgan fingerprint density at radius 1 is 1.25 bits per heavy atom. The number of hydrogen-bond acceptors (Lipinski definition) is 3. The Morgan fingerprint density at radius 2 is 1.88 bits per heavy atom. The first-order valence-electron chi connectivity index (χ1n) is 4.80. The summed E-state index contributed by atoms with van der Waals surface area (Å²) >= 11 is 5.90. The van der Waals surface area contributed by atoms with Crippen LogP contribution in [0, 0.1) is 0 Å². The van der Waals surface area contributed by atoms with Crippen LogP contribution in [0.3, 0.4) is 0 Å². The molecule has 0 N–H and O–H groups in total. The normalized spacial score (nSPS) is 11.2. The van der Waals surface area contributed by atoms with Gasteiger partial charge in [0, 0.05) is 20.6 Å². The molecule has 2 heterocycles. The van der Waals surface area contributed by atoms with Crippen molar-refractivity contribution in [1.82, 2.24) is 18.7 Å². The maximum atomic E-state index is 11.9. The monoisotopic (exact) mass is 242 g/mol. The average Bonchev–Trinajstić information content (AvgIpc) is 2.60. The van der Waals surface area contributed by atoms with Gasteiger partial charge in [-0.25, -0.2) is 4.79 Å². The summed E-state index contributed by atoms with van der Waals surface area (Å²) < 4.78 is 3.94. The van der Waals surface area contributed by atoms with Gasteiger partial charge < -0.3 is 4.57 Å². The molecule has 6 nitrogen and oxygen atoms in total. The van der Waals surface area contributed by atoms with Gasteiger partial charge in [0.05, 0.1) is 0 Å². The molecule has 0 amide bonds. The SMILES string of the molecule is CCn1c(Cl)nc2c1c(=O)n(C)c(=O)n2C. The number of aromatic nitrogens is 4. The second-order valence-corrected chi connectivity index (χ2v) is 3.84. The highest BCUT2D eigenvalue weighted by Gasteiger charge is 2.16. The Kier molecular flexibility index (Phi) is 2.38. The van der Waals surface area contributed by atoms with Crippen LogP contribution in [0.5, 0.6) is 0 Å². The van der Waals surface area contributed by atoms with Gasteiger partial charge in [-0.05, 0) is 18.5 Å². The fraction of sp³-hybridized carbons (Fsp3) is 0.444. The molecule has 0 bridgehead atoms. The molecule has 0 aliphatic carbocycles. The molecule has 0 aliphatic rings. The molecule has 0 spiro atoms. The molecular formula is C9H11ClN4O2. The molecule has 0 atom stereocenters. The molecule has 2 aromatic rings. The van der Waals surface area contributed by atoms with E-state index in [1.54, 1.807) is 11.6 Å². The maximum Gasteiger partial charge on any atom is 0.332 e. The van der Waals surface area contributed by atoms with Crippen LogP contribution in [0.25, 0.3) is 11.2 Å². The van der Waals surface area contributed by atoms with E-state index in [0.29, 0.717) is 17.7 Å². The fourth-order valence-electron chi connectivity index (χ4n) is 1.71. The molecule has 0 saturated heterocycles. The summed E-state index contributed by atoms with van der Waals surface area (Å²) in [6.07, 6.45) is 0. The first-order chi connectivity index (χ1) is 7.49. The zero-order valence-corrected chi connectivity index (χ0v) is 9.95. The number of imidazole rings is 1. The van der Waals surface area contributed by atoms with Crippen molar-refractivity contribution in [2.24, 2.45) is 14.1 Å². The Hall–Kier alpha value is -1.56. The Balaban J connectivity index is 3.15. The molecule has 0 saturated carbocycles. The number of fused-ring (bicyclic) bond motifs is 1. The van der Waals surface area contributed by atoms with E-state index in [9.17, 15) is 9.59 Å². The highest BCUT2D eigenvalue weighted by molar-refractivity contribution is 6.29. The van der Waals surface area contributed by atoms with Crippen molar-refractivity contribution < 1.29 is 0 Å². The van der Waals surface area contributed by atoms with Crippen LogP contribution in [-0.4, -0.2) is 18.7 Å². The van der Waals surface area contributed by atoms with Gasteiger partial charge in [-0.2, -0.15) is 4.98 Å². The zero-order valence-electron chi connectivity index (χ0n) is 9.19. The molecule has 16 heavy (non-hydrogen) atoms. The third kappa shape index (κ3) is 1.23. The van der Waals surface area contributed by atoms with E-state index in [1.807, 2.05) is 6.92 Å². The van der Waals surface area contributed by atoms with Gasteiger partial charge in [-0.15, -0.1) is 0 Å². The predicted molar refractivity (Wildman–Crippen MR) is 60.9 cm³/mol. The quantitative estimate of drug-likeness (QED) is 0.667. The van der Waals surface area contributed by atoms with Gasteiger partial charge in [0.1, 0.15) is 0 Å². The number of rotatable bonds is 1. The second kappa shape index (κ2) is 3.48. The number of aryl methyl sites for hydroxylation is 2. The molecule has 0 unspecified atom stereocenters. The number of hydrogen-bond donors (Lipinski definition) is 0. The van der Waals surface area contributed by atoms with E-state index in [2.05, 4.69) is 4.98 Å². The first kappa shape index (κ1) is 10.9. The summed E-state index contributed by atoms with van der Waals surface area (Å²) in [5.74, 6) is 0. The molecule has 86 valence electrons. The molecule has 0 aliphatic heterocycles. The molecular weight excluding hydrogens is 232 g/mol. The van der Waals surface area contributed by atoms with Gasteiger partial charge in [0.15, 0.2) is 11.2 Å². The predicted octanol–water partition coefficient (Wildman–Crippen LogP) is 0.107. The van der Waals surface area contributed by atoms with Crippen LogP contribution in [0.4, 0.5) is 0 Å². The van der Waals surface area contributed by atoms with Crippen LogP contribution in [0.15, 0.2) is 9.59 Å². The van der Waals surface area contributed by atoms with Crippen LogP contribution in [0.1, 0.15) is 6.92 Å². The molecule has 0 fully saturated rings. The Morgan fingerprint density at radius 3 is 2.44 bits per heavy atom. The van der Waals surface area contributed by atoms with Crippen molar-refractivity contribution in [3.05, 3.63) is 26.1 Å². The minimum atomic E-state index is -0.407. The largest absolute Gasteiger partial charge is 0.332 e. The number of halogens is 1. The van der Waals surface area contributed by atoms with Crippen molar-refractivity contribution in [2.75, 3.05) is 0 Å². The molecule has 2 aromatic heterocycles. The summed E-state index contributed by atoms with van der Waals surface area (Å²) in [6, 6.07) is 0. The summed E-state index contributed by atoms with van der Waals surface area (Å²) in [5.41, 5.74) is -0.105. The lowest BCUT2D eigenvalue weighted by Gasteiger charge is -2.04. The summed E-state index contributed by atoms with van der Waals surface area (Å²) in [5, 5.41) is 0.218. The fourth-order valence-corrected chi connectivity index (χ4v) is 1.99. The summed E-state index contributed by atoms with van der Waals surface area (Å²) in [4.78, 5) is 27.6. The van der Waals surface area contributed by atoms with Gasteiger partial charge in [0.25, 0.3) is 5.56 Å². The van der Waals surface area contributed by atoms with E-state index >= 15 is 0 Å². The standard InChI is InChI=1S/C9H11ClN4O2/c1-4-14-5-6(11-8(14)10)12(2)9(16)13(3)7(5)15/h4H2,1-3H3. The van der Waals surface area contributed by atoms with E-state index in [0.717, 1.165) is 4.57 Å². The van der Waals surface area contributed by atoms with Gasteiger partial charge in [-0.3, -0.25) is 13.9 Å². The minimum Gasteiger partial charge on any atom is -0.309 e. The van der Waals surface area contributed by atoms with Crippen LogP contribution in [0.2, 0.25) is 5.28 Å². The van der Waals surface area contributed by atoms with E-state index in [1.165, 1.54) is 11.6 Å². The highest BCUT2D eigenvalue weighted by atomic mass is 35.5. The average molecular weight is 243 g/mol. The molecule has 0 aromatic carbocycles. The van der Waals surface area contributed by atoms with Crippen molar-refractivity contribution in [2.45, 2.75) is 13.5 Å². The van der Waals surface area contributed by atoms with E-state index in [4.69, 9.17) is 11.6 Å². The van der Waals surface area contributed by atoms with Crippen molar-refractivity contribution in [1.29, 1.82) is 0 Å². The smallest absolute Gasteiger partial charge is 0.309 e. The van der Waals surface area contributed by atoms with E-state index < -0.39 is 5.69 Å². The van der Waals surface area contributed by atoms with Crippen LogP contribution in [-0.2, 0) is 20.6 Å². The highest BCUT2D eigenvalue weighted by Crippen LogP contribution is 2.14. The topological polar surface area (TPSA) is 61.8 Å². The van der Waals surface area contributed by atoms with Gasteiger partial charge in [0.2, 0.25) is 5.28 Å². The minimum absolute atomic E-state index is 0.218. The molecule has 0 radical (unpaired) electrons. The third-order valence-corrected chi connectivity index (χ3v) is 2.91. The maximum absolute atomic E-state index is 11.9. The lowest BCUT2D eigenvalue weighted by atomic mass is 10.5. The number of nitrogens with zero attached hydrogens (tertiary/aromatic N) is 4. The van der Waals surface area contributed by atoms with Crippen LogP contribution < -0.4 is 11.2 Å². The zero-order chi connectivity index (χ0) is 12.0. The lowest BCUT2D eigenvalue weighted by molar-refractivity contribution is 0.700.